The lowest BCUT2D eigenvalue weighted by atomic mass is 9.85. The fourth-order valence-electron chi connectivity index (χ4n) is 3.07. The summed E-state index contributed by atoms with van der Waals surface area (Å²) in [6.45, 7) is 2.54. The average molecular weight is 280 g/mol. The Labute approximate surface area is 114 Å². The van der Waals surface area contributed by atoms with Crippen molar-refractivity contribution in [2.45, 2.75) is 38.1 Å². The SMILES string of the molecule is Cl.O=C(O)CSC[C@@H]1CCCN2CCCCC12. The van der Waals surface area contributed by atoms with Crippen LogP contribution >= 0.6 is 24.2 Å². The molecule has 1 N–H and O–H groups in total. The van der Waals surface area contributed by atoms with Gasteiger partial charge in [0.1, 0.15) is 0 Å². The van der Waals surface area contributed by atoms with Crippen molar-refractivity contribution in [3.05, 3.63) is 0 Å². The molecular weight excluding hydrogens is 258 g/mol. The van der Waals surface area contributed by atoms with Gasteiger partial charge in [0.05, 0.1) is 5.75 Å². The summed E-state index contributed by atoms with van der Waals surface area (Å²) in [6, 6.07) is 0.754. The molecule has 0 spiro atoms. The molecule has 0 saturated carbocycles. The maximum atomic E-state index is 10.5. The van der Waals surface area contributed by atoms with E-state index < -0.39 is 5.97 Å². The third kappa shape index (κ3) is 4.34. The quantitative estimate of drug-likeness (QED) is 0.858. The zero-order chi connectivity index (χ0) is 11.4. The second kappa shape index (κ2) is 7.49. The van der Waals surface area contributed by atoms with E-state index in [0.717, 1.165) is 17.7 Å². The number of thioether (sulfide) groups is 1. The second-order valence-electron chi connectivity index (χ2n) is 4.91. The molecule has 2 aliphatic heterocycles. The van der Waals surface area contributed by atoms with Gasteiger partial charge in [0, 0.05) is 6.04 Å². The summed E-state index contributed by atoms with van der Waals surface area (Å²) >= 11 is 1.60. The zero-order valence-electron chi connectivity index (χ0n) is 10.1. The summed E-state index contributed by atoms with van der Waals surface area (Å²) in [4.78, 5) is 13.1. The number of carboxylic acid groups (broad SMARTS) is 1. The van der Waals surface area contributed by atoms with E-state index in [9.17, 15) is 4.79 Å². The number of fused-ring (bicyclic) bond motifs is 1. The molecule has 0 aromatic heterocycles. The third-order valence-corrected chi connectivity index (χ3v) is 4.90. The van der Waals surface area contributed by atoms with Crippen LogP contribution in [0.5, 0.6) is 0 Å². The normalized spacial score (nSPS) is 29.2. The molecule has 2 rings (SSSR count). The van der Waals surface area contributed by atoms with E-state index in [1.54, 1.807) is 11.8 Å². The molecule has 1 unspecified atom stereocenters. The molecule has 0 aromatic rings. The first-order valence-electron chi connectivity index (χ1n) is 6.31. The standard InChI is InChI=1S/C12H21NO2S.ClH/c14-12(15)9-16-8-10-4-3-7-13-6-2-1-5-11(10)13;/h10-11H,1-9H2,(H,14,15);1H/t10-,11?;/m0./s1. The lowest BCUT2D eigenvalue weighted by Gasteiger charge is -2.44. The van der Waals surface area contributed by atoms with Gasteiger partial charge in [-0.15, -0.1) is 24.2 Å². The molecule has 2 saturated heterocycles. The monoisotopic (exact) mass is 279 g/mol. The van der Waals surface area contributed by atoms with E-state index in [2.05, 4.69) is 4.90 Å². The predicted molar refractivity (Wildman–Crippen MR) is 74.1 cm³/mol. The topological polar surface area (TPSA) is 40.5 Å². The van der Waals surface area contributed by atoms with E-state index in [4.69, 9.17) is 5.11 Å². The molecule has 5 heteroatoms. The lowest BCUT2D eigenvalue weighted by molar-refractivity contribution is -0.133. The van der Waals surface area contributed by atoms with Crippen LogP contribution in [0.25, 0.3) is 0 Å². The van der Waals surface area contributed by atoms with Gasteiger partial charge in [0.25, 0.3) is 0 Å². The molecule has 0 aliphatic carbocycles. The smallest absolute Gasteiger partial charge is 0.313 e. The van der Waals surface area contributed by atoms with Crippen molar-refractivity contribution in [1.29, 1.82) is 0 Å². The predicted octanol–water partition coefficient (Wildman–Crippen LogP) is 2.49. The average Bonchev–Trinajstić information content (AvgIpc) is 2.29. The van der Waals surface area contributed by atoms with Gasteiger partial charge < -0.3 is 10.0 Å². The minimum atomic E-state index is -0.679. The summed E-state index contributed by atoms with van der Waals surface area (Å²) in [5.41, 5.74) is 0. The van der Waals surface area contributed by atoms with Crippen LogP contribution in [-0.4, -0.2) is 46.6 Å². The Balaban J connectivity index is 0.00000144. The van der Waals surface area contributed by atoms with Crippen LogP contribution in [0.4, 0.5) is 0 Å². The number of carbonyl (C=O) groups is 1. The number of aliphatic carboxylic acids is 1. The number of piperidine rings is 2. The number of nitrogens with zero attached hydrogens (tertiary/aromatic N) is 1. The molecule has 0 amide bonds. The minimum Gasteiger partial charge on any atom is -0.481 e. The Morgan fingerprint density at radius 1 is 1.24 bits per heavy atom. The van der Waals surface area contributed by atoms with Crippen LogP contribution in [0.1, 0.15) is 32.1 Å². The largest absolute Gasteiger partial charge is 0.481 e. The van der Waals surface area contributed by atoms with Crippen LogP contribution in [0.2, 0.25) is 0 Å². The molecule has 2 fully saturated rings. The Kier molecular flexibility index (Phi) is 6.67. The number of rotatable bonds is 4. The second-order valence-corrected chi connectivity index (χ2v) is 5.94. The highest BCUT2D eigenvalue weighted by Gasteiger charge is 2.32. The minimum absolute atomic E-state index is 0. The van der Waals surface area contributed by atoms with Gasteiger partial charge in [-0.05, 0) is 50.4 Å². The van der Waals surface area contributed by atoms with Gasteiger partial charge in [-0.2, -0.15) is 0 Å². The summed E-state index contributed by atoms with van der Waals surface area (Å²) in [6.07, 6.45) is 6.65. The first kappa shape index (κ1) is 15.1. The Bertz CT molecular complexity index is 251. The van der Waals surface area contributed by atoms with Gasteiger partial charge in [0.15, 0.2) is 0 Å². The summed E-state index contributed by atoms with van der Waals surface area (Å²) in [7, 11) is 0. The van der Waals surface area contributed by atoms with Crippen molar-refractivity contribution in [3.8, 4) is 0 Å². The lowest BCUT2D eigenvalue weighted by Crippen LogP contribution is -2.48. The van der Waals surface area contributed by atoms with E-state index in [-0.39, 0.29) is 18.2 Å². The van der Waals surface area contributed by atoms with Gasteiger partial charge >= 0.3 is 5.97 Å². The van der Waals surface area contributed by atoms with Crippen LogP contribution < -0.4 is 0 Å². The maximum Gasteiger partial charge on any atom is 0.313 e. The fraction of sp³-hybridized carbons (Fsp3) is 0.917. The number of hydrogen-bond donors (Lipinski definition) is 1. The Morgan fingerprint density at radius 2 is 2.00 bits per heavy atom. The van der Waals surface area contributed by atoms with Gasteiger partial charge in [-0.3, -0.25) is 4.79 Å². The summed E-state index contributed by atoms with van der Waals surface area (Å²) in [5.74, 6) is 1.36. The van der Waals surface area contributed by atoms with Crippen molar-refractivity contribution in [2.24, 2.45) is 5.92 Å². The molecule has 17 heavy (non-hydrogen) atoms. The molecule has 0 bridgehead atoms. The summed E-state index contributed by atoms with van der Waals surface area (Å²) < 4.78 is 0. The molecule has 0 radical (unpaired) electrons. The Hall–Kier alpha value is 0.0700. The molecular formula is C12H22ClNO2S. The highest BCUT2D eigenvalue weighted by molar-refractivity contribution is 7.99. The van der Waals surface area contributed by atoms with Crippen molar-refractivity contribution in [1.82, 2.24) is 4.90 Å². The van der Waals surface area contributed by atoms with Gasteiger partial charge in [0.2, 0.25) is 0 Å². The summed E-state index contributed by atoms with van der Waals surface area (Å²) in [5, 5.41) is 8.64. The molecule has 2 aliphatic rings. The van der Waals surface area contributed by atoms with Gasteiger partial charge in [-0.1, -0.05) is 6.42 Å². The third-order valence-electron chi connectivity index (χ3n) is 3.79. The first-order valence-corrected chi connectivity index (χ1v) is 7.46. The molecule has 2 heterocycles. The van der Waals surface area contributed by atoms with Crippen molar-refractivity contribution >= 4 is 30.1 Å². The molecule has 100 valence electrons. The Morgan fingerprint density at radius 3 is 2.76 bits per heavy atom. The van der Waals surface area contributed by atoms with E-state index in [1.165, 1.54) is 45.2 Å². The van der Waals surface area contributed by atoms with Crippen molar-refractivity contribution in [3.63, 3.8) is 0 Å². The fourth-order valence-corrected chi connectivity index (χ4v) is 4.05. The highest BCUT2D eigenvalue weighted by Crippen LogP contribution is 2.32. The van der Waals surface area contributed by atoms with Crippen LogP contribution in [-0.2, 0) is 4.79 Å². The number of hydrogen-bond acceptors (Lipinski definition) is 3. The maximum absolute atomic E-state index is 10.5. The van der Waals surface area contributed by atoms with E-state index >= 15 is 0 Å². The van der Waals surface area contributed by atoms with Gasteiger partial charge in [-0.25, -0.2) is 0 Å². The van der Waals surface area contributed by atoms with Crippen molar-refractivity contribution in [2.75, 3.05) is 24.6 Å². The van der Waals surface area contributed by atoms with Crippen LogP contribution in [0.15, 0.2) is 0 Å². The molecule has 3 nitrogen and oxygen atoms in total. The first-order chi connectivity index (χ1) is 7.77. The van der Waals surface area contributed by atoms with Crippen LogP contribution in [0.3, 0.4) is 0 Å². The number of carboxylic acids is 1. The molecule has 2 atom stereocenters. The molecule has 0 aromatic carbocycles. The van der Waals surface area contributed by atoms with E-state index in [1.807, 2.05) is 0 Å². The highest BCUT2D eigenvalue weighted by atomic mass is 35.5. The number of halogens is 1. The van der Waals surface area contributed by atoms with Crippen LogP contribution in [0, 0.1) is 5.92 Å². The van der Waals surface area contributed by atoms with Crippen molar-refractivity contribution < 1.29 is 9.90 Å². The zero-order valence-corrected chi connectivity index (χ0v) is 11.8. The van der Waals surface area contributed by atoms with E-state index in [0.29, 0.717) is 0 Å².